The molecule has 128 valence electrons. The van der Waals surface area contributed by atoms with Crippen molar-refractivity contribution in [2.75, 3.05) is 19.0 Å². The number of hydrogen-bond acceptors (Lipinski definition) is 5. The Kier molecular flexibility index (Phi) is 5.71. The summed E-state index contributed by atoms with van der Waals surface area (Å²) in [6.07, 6.45) is 3.58. The number of ether oxygens (including phenoxy) is 2. The van der Waals surface area contributed by atoms with Gasteiger partial charge in [0.2, 0.25) is 5.91 Å². The number of thiazole rings is 1. The van der Waals surface area contributed by atoms with E-state index in [1.54, 1.807) is 19.2 Å². The first-order chi connectivity index (χ1) is 11.7. The minimum atomic E-state index is -0.0286. The maximum Gasteiger partial charge on any atom is 0.226 e. The third-order valence-electron chi connectivity index (χ3n) is 3.92. The van der Waals surface area contributed by atoms with Crippen molar-refractivity contribution < 1.29 is 14.3 Å². The van der Waals surface area contributed by atoms with Gasteiger partial charge in [0.05, 0.1) is 23.9 Å². The molecule has 1 atom stereocenters. The summed E-state index contributed by atoms with van der Waals surface area (Å²) in [6, 6.07) is 5.50. The maximum absolute atomic E-state index is 12.0. The second kappa shape index (κ2) is 7.96. The molecule has 0 aliphatic carbocycles. The van der Waals surface area contributed by atoms with Crippen LogP contribution in [0.1, 0.15) is 25.7 Å². The standard InChI is InChI=1S/C17H19ClN2O3S/c1-22-15-6-4-11(9-13(15)18)14-10-24-17(19-14)20-16(21)7-5-12-3-2-8-23-12/h4,6,9-10,12H,2-3,5,7-8H2,1H3,(H,19,20,21). The molecule has 1 aliphatic rings. The number of nitrogens with one attached hydrogen (secondary N) is 1. The molecule has 2 aromatic rings. The molecular formula is C17H19ClN2O3S. The van der Waals surface area contributed by atoms with Crippen LogP contribution in [0, 0.1) is 0 Å². The van der Waals surface area contributed by atoms with Gasteiger partial charge in [-0.2, -0.15) is 0 Å². The molecule has 1 aliphatic heterocycles. The van der Waals surface area contributed by atoms with E-state index in [9.17, 15) is 4.79 Å². The van der Waals surface area contributed by atoms with Crippen molar-refractivity contribution in [3.63, 3.8) is 0 Å². The van der Waals surface area contributed by atoms with E-state index in [1.807, 2.05) is 11.4 Å². The summed E-state index contributed by atoms with van der Waals surface area (Å²) < 4.78 is 10.7. The van der Waals surface area contributed by atoms with Crippen molar-refractivity contribution >= 4 is 34.0 Å². The number of carbonyl (C=O) groups excluding carboxylic acids is 1. The lowest BCUT2D eigenvalue weighted by atomic mass is 10.1. The molecule has 0 bridgehead atoms. The van der Waals surface area contributed by atoms with Crippen molar-refractivity contribution in [3.8, 4) is 17.0 Å². The zero-order chi connectivity index (χ0) is 16.9. The topological polar surface area (TPSA) is 60.5 Å². The van der Waals surface area contributed by atoms with E-state index in [-0.39, 0.29) is 12.0 Å². The highest BCUT2D eigenvalue weighted by atomic mass is 35.5. The Hall–Kier alpha value is -1.63. The first-order valence-electron chi connectivity index (χ1n) is 7.86. The number of aromatic nitrogens is 1. The Balaban J connectivity index is 1.58. The highest BCUT2D eigenvalue weighted by Crippen LogP contribution is 2.31. The molecule has 24 heavy (non-hydrogen) atoms. The predicted octanol–water partition coefficient (Wildman–Crippen LogP) is 4.37. The lowest BCUT2D eigenvalue weighted by Crippen LogP contribution is -2.15. The third-order valence-corrected chi connectivity index (χ3v) is 4.97. The molecule has 7 heteroatoms. The van der Waals surface area contributed by atoms with Gasteiger partial charge in [0.15, 0.2) is 5.13 Å². The first kappa shape index (κ1) is 17.2. The molecule has 1 aromatic heterocycles. The zero-order valence-corrected chi connectivity index (χ0v) is 15.0. The summed E-state index contributed by atoms with van der Waals surface area (Å²) >= 11 is 7.54. The number of amides is 1. The summed E-state index contributed by atoms with van der Waals surface area (Å²) in [6.45, 7) is 0.812. The van der Waals surface area contributed by atoms with Crippen molar-refractivity contribution in [1.82, 2.24) is 4.98 Å². The lowest BCUT2D eigenvalue weighted by Gasteiger charge is -2.08. The van der Waals surface area contributed by atoms with Crippen molar-refractivity contribution in [1.29, 1.82) is 0 Å². The summed E-state index contributed by atoms with van der Waals surface area (Å²) in [7, 11) is 1.58. The molecule has 1 N–H and O–H groups in total. The molecule has 0 saturated carbocycles. The molecule has 5 nitrogen and oxygen atoms in total. The van der Waals surface area contributed by atoms with E-state index in [0.717, 1.165) is 37.1 Å². The molecule has 1 unspecified atom stereocenters. The molecule has 1 fully saturated rings. The number of benzene rings is 1. The first-order valence-corrected chi connectivity index (χ1v) is 9.12. The third kappa shape index (κ3) is 4.26. The van der Waals surface area contributed by atoms with Gasteiger partial charge in [-0.3, -0.25) is 4.79 Å². The molecule has 3 rings (SSSR count). The van der Waals surface area contributed by atoms with Crippen molar-refractivity contribution in [2.45, 2.75) is 31.8 Å². The van der Waals surface area contributed by atoms with E-state index in [1.165, 1.54) is 11.3 Å². The number of carbonyl (C=O) groups is 1. The average Bonchev–Trinajstić information content (AvgIpc) is 3.24. The molecular weight excluding hydrogens is 348 g/mol. The molecule has 0 spiro atoms. The van der Waals surface area contributed by atoms with E-state index in [2.05, 4.69) is 10.3 Å². The second-order valence-electron chi connectivity index (χ2n) is 5.61. The Labute approximate surface area is 150 Å². The number of methoxy groups -OCH3 is 1. The van der Waals surface area contributed by atoms with Gasteiger partial charge in [0, 0.05) is 24.0 Å². The second-order valence-corrected chi connectivity index (χ2v) is 6.87. The monoisotopic (exact) mass is 366 g/mol. The normalized spacial score (nSPS) is 17.0. The molecule has 1 amide bonds. The smallest absolute Gasteiger partial charge is 0.226 e. The van der Waals surface area contributed by atoms with Gasteiger partial charge in [-0.25, -0.2) is 4.98 Å². The van der Waals surface area contributed by atoms with Crippen LogP contribution in [0.15, 0.2) is 23.6 Å². The van der Waals surface area contributed by atoms with Crippen LogP contribution in [0.4, 0.5) is 5.13 Å². The summed E-state index contributed by atoms with van der Waals surface area (Å²) in [5.74, 6) is 0.595. The largest absolute Gasteiger partial charge is 0.495 e. The molecule has 1 aromatic carbocycles. The SMILES string of the molecule is COc1ccc(-c2csc(NC(=O)CCC3CCCO3)n2)cc1Cl. The molecule has 0 radical (unpaired) electrons. The summed E-state index contributed by atoms with van der Waals surface area (Å²) in [5, 5.41) is 5.87. The van der Waals surface area contributed by atoms with Gasteiger partial charge < -0.3 is 14.8 Å². The fourth-order valence-corrected chi connectivity index (χ4v) is 3.63. The highest BCUT2D eigenvalue weighted by molar-refractivity contribution is 7.14. The molecule has 2 heterocycles. The van der Waals surface area contributed by atoms with Gasteiger partial charge in [-0.05, 0) is 37.5 Å². The van der Waals surface area contributed by atoms with Crippen LogP contribution in [0.2, 0.25) is 5.02 Å². The fourth-order valence-electron chi connectivity index (χ4n) is 2.64. The number of anilines is 1. The Morgan fingerprint density at radius 3 is 3.12 bits per heavy atom. The minimum Gasteiger partial charge on any atom is -0.495 e. The minimum absolute atomic E-state index is 0.0286. The van der Waals surface area contributed by atoms with E-state index >= 15 is 0 Å². The van der Waals surface area contributed by atoms with Crippen molar-refractivity contribution in [2.24, 2.45) is 0 Å². The molecule has 1 saturated heterocycles. The summed E-state index contributed by atoms with van der Waals surface area (Å²) in [5.41, 5.74) is 1.66. The van der Waals surface area contributed by atoms with E-state index in [0.29, 0.717) is 22.3 Å². The van der Waals surface area contributed by atoms with Crippen LogP contribution in [0.3, 0.4) is 0 Å². The van der Waals surface area contributed by atoms with Gasteiger partial charge in [0.1, 0.15) is 5.75 Å². The van der Waals surface area contributed by atoms with Crippen LogP contribution in [0.25, 0.3) is 11.3 Å². The lowest BCUT2D eigenvalue weighted by molar-refractivity contribution is -0.116. The van der Waals surface area contributed by atoms with Crippen LogP contribution < -0.4 is 10.1 Å². The number of halogens is 1. The quantitative estimate of drug-likeness (QED) is 0.824. The zero-order valence-electron chi connectivity index (χ0n) is 13.4. The average molecular weight is 367 g/mol. The number of hydrogen-bond donors (Lipinski definition) is 1. The fraction of sp³-hybridized carbons (Fsp3) is 0.412. The van der Waals surface area contributed by atoms with Gasteiger partial charge in [-0.1, -0.05) is 11.6 Å². The Bertz CT molecular complexity index is 714. The van der Waals surface area contributed by atoms with Gasteiger partial charge >= 0.3 is 0 Å². The summed E-state index contributed by atoms with van der Waals surface area (Å²) in [4.78, 5) is 16.5. The van der Waals surface area contributed by atoms with Crippen LogP contribution in [-0.2, 0) is 9.53 Å². The van der Waals surface area contributed by atoms with E-state index < -0.39 is 0 Å². The predicted molar refractivity (Wildman–Crippen MR) is 95.9 cm³/mol. The van der Waals surface area contributed by atoms with Crippen LogP contribution >= 0.6 is 22.9 Å². The van der Waals surface area contributed by atoms with Crippen LogP contribution in [0.5, 0.6) is 5.75 Å². The van der Waals surface area contributed by atoms with Gasteiger partial charge in [0.25, 0.3) is 0 Å². The highest BCUT2D eigenvalue weighted by Gasteiger charge is 2.17. The number of nitrogens with zero attached hydrogens (tertiary/aromatic N) is 1. The maximum atomic E-state index is 12.0. The van der Waals surface area contributed by atoms with E-state index in [4.69, 9.17) is 21.1 Å². The van der Waals surface area contributed by atoms with Gasteiger partial charge in [-0.15, -0.1) is 11.3 Å². The van der Waals surface area contributed by atoms with Crippen LogP contribution in [-0.4, -0.2) is 30.7 Å². The number of rotatable bonds is 6. The Morgan fingerprint density at radius 1 is 1.54 bits per heavy atom. The Morgan fingerprint density at radius 2 is 2.42 bits per heavy atom. The van der Waals surface area contributed by atoms with Crippen molar-refractivity contribution in [3.05, 3.63) is 28.6 Å².